The average Bonchev–Trinajstić information content (AvgIpc) is 2.70. The third-order valence-corrected chi connectivity index (χ3v) is 4.22. The lowest BCUT2D eigenvalue weighted by atomic mass is 10.1. The lowest BCUT2D eigenvalue weighted by molar-refractivity contribution is 0.340. The molecular weight excluding hydrogens is 336 g/mol. The number of aromatic nitrogens is 2. The van der Waals surface area contributed by atoms with E-state index in [1.165, 1.54) is 0 Å². The zero-order valence-corrected chi connectivity index (χ0v) is 16.1. The SMILES string of the molecule is CCOc1ccc(Nc2cc(-c3ccccc3)nc(NC(C)CC)n2)cc1. The van der Waals surface area contributed by atoms with Gasteiger partial charge in [-0.25, -0.2) is 4.98 Å². The standard InChI is InChI=1S/C22H26N4O/c1-4-16(3)23-22-25-20(17-9-7-6-8-10-17)15-21(26-22)24-18-11-13-19(14-12-18)27-5-2/h6-16H,4-5H2,1-3H3,(H2,23,24,25,26). The summed E-state index contributed by atoms with van der Waals surface area (Å²) in [4.78, 5) is 9.33. The topological polar surface area (TPSA) is 59.1 Å². The van der Waals surface area contributed by atoms with Crippen molar-refractivity contribution in [1.29, 1.82) is 0 Å². The summed E-state index contributed by atoms with van der Waals surface area (Å²) in [5.41, 5.74) is 2.89. The Morgan fingerprint density at radius 2 is 1.70 bits per heavy atom. The first-order valence-corrected chi connectivity index (χ1v) is 9.39. The maximum atomic E-state index is 5.50. The van der Waals surface area contributed by atoms with Crippen molar-refractivity contribution in [3.8, 4) is 17.0 Å². The molecule has 3 aromatic rings. The number of ether oxygens (including phenoxy) is 1. The fraction of sp³-hybridized carbons (Fsp3) is 0.273. The molecule has 1 aromatic heterocycles. The Morgan fingerprint density at radius 3 is 2.37 bits per heavy atom. The molecule has 0 saturated carbocycles. The van der Waals surface area contributed by atoms with Crippen molar-refractivity contribution < 1.29 is 4.74 Å². The van der Waals surface area contributed by atoms with E-state index in [4.69, 9.17) is 4.74 Å². The highest BCUT2D eigenvalue weighted by atomic mass is 16.5. The van der Waals surface area contributed by atoms with Gasteiger partial charge in [0, 0.05) is 23.4 Å². The molecule has 0 amide bonds. The molecule has 0 saturated heterocycles. The molecule has 0 radical (unpaired) electrons. The van der Waals surface area contributed by atoms with E-state index in [0.717, 1.165) is 34.9 Å². The second-order valence-electron chi connectivity index (χ2n) is 6.36. The summed E-state index contributed by atoms with van der Waals surface area (Å²) in [6.07, 6.45) is 1.00. The van der Waals surface area contributed by atoms with Gasteiger partial charge in [0.05, 0.1) is 12.3 Å². The Morgan fingerprint density at radius 1 is 0.963 bits per heavy atom. The number of hydrogen-bond donors (Lipinski definition) is 2. The van der Waals surface area contributed by atoms with Crippen LogP contribution >= 0.6 is 0 Å². The smallest absolute Gasteiger partial charge is 0.225 e. The van der Waals surface area contributed by atoms with Gasteiger partial charge in [0.1, 0.15) is 11.6 Å². The summed E-state index contributed by atoms with van der Waals surface area (Å²) in [5.74, 6) is 2.23. The van der Waals surface area contributed by atoms with Gasteiger partial charge in [0.2, 0.25) is 5.95 Å². The van der Waals surface area contributed by atoms with Crippen LogP contribution in [0.1, 0.15) is 27.2 Å². The summed E-state index contributed by atoms with van der Waals surface area (Å²) in [7, 11) is 0. The van der Waals surface area contributed by atoms with Crippen LogP contribution in [0.4, 0.5) is 17.5 Å². The van der Waals surface area contributed by atoms with Crippen molar-refractivity contribution in [1.82, 2.24) is 9.97 Å². The van der Waals surface area contributed by atoms with Crippen molar-refractivity contribution in [2.24, 2.45) is 0 Å². The zero-order valence-electron chi connectivity index (χ0n) is 16.1. The molecule has 0 aliphatic rings. The first kappa shape index (κ1) is 18.7. The van der Waals surface area contributed by atoms with Gasteiger partial charge in [0.15, 0.2) is 0 Å². The highest BCUT2D eigenvalue weighted by Gasteiger charge is 2.09. The molecule has 3 rings (SSSR count). The molecule has 5 nitrogen and oxygen atoms in total. The maximum absolute atomic E-state index is 5.50. The van der Waals surface area contributed by atoms with Crippen molar-refractivity contribution in [3.63, 3.8) is 0 Å². The van der Waals surface area contributed by atoms with Gasteiger partial charge in [-0.15, -0.1) is 0 Å². The van der Waals surface area contributed by atoms with E-state index >= 15 is 0 Å². The molecule has 5 heteroatoms. The predicted octanol–water partition coefficient (Wildman–Crippen LogP) is 5.50. The molecule has 140 valence electrons. The molecule has 0 aliphatic carbocycles. The lowest BCUT2D eigenvalue weighted by Crippen LogP contribution is -2.16. The number of anilines is 3. The molecule has 0 spiro atoms. The molecule has 2 N–H and O–H groups in total. The zero-order chi connectivity index (χ0) is 19.1. The number of nitrogens with zero attached hydrogens (tertiary/aromatic N) is 2. The molecule has 27 heavy (non-hydrogen) atoms. The van der Waals surface area contributed by atoms with Crippen molar-refractivity contribution in [2.45, 2.75) is 33.2 Å². The third kappa shape index (κ3) is 5.20. The molecule has 0 bridgehead atoms. The fourth-order valence-electron chi connectivity index (χ4n) is 2.60. The van der Waals surface area contributed by atoms with Crippen LogP contribution in [0.2, 0.25) is 0 Å². The predicted molar refractivity (Wildman–Crippen MR) is 112 cm³/mol. The summed E-state index contributed by atoms with van der Waals surface area (Å²) in [5, 5.41) is 6.74. The van der Waals surface area contributed by atoms with Gasteiger partial charge < -0.3 is 15.4 Å². The third-order valence-electron chi connectivity index (χ3n) is 4.22. The molecule has 1 unspecified atom stereocenters. The summed E-state index contributed by atoms with van der Waals surface area (Å²) in [6.45, 7) is 6.89. The molecule has 1 atom stereocenters. The van der Waals surface area contributed by atoms with E-state index in [9.17, 15) is 0 Å². The largest absolute Gasteiger partial charge is 0.494 e. The Labute approximate surface area is 160 Å². The van der Waals surface area contributed by atoms with Crippen molar-refractivity contribution in [2.75, 3.05) is 17.2 Å². The highest BCUT2D eigenvalue weighted by molar-refractivity contribution is 5.67. The molecule has 0 aliphatic heterocycles. The summed E-state index contributed by atoms with van der Waals surface area (Å²) < 4.78 is 5.50. The van der Waals surface area contributed by atoms with E-state index in [1.54, 1.807) is 0 Å². The van der Waals surface area contributed by atoms with Crippen LogP contribution in [-0.4, -0.2) is 22.6 Å². The fourth-order valence-corrected chi connectivity index (χ4v) is 2.60. The minimum atomic E-state index is 0.300. The molecule has 1 heterocycles. The maximum Gasteiger partial charge on any atom is 0.225 e. The van der Waals surface area contributed by atoms with E-state index < -0.39 is 0 Å². The minimum absolute atomic E-state index is 0.300. The second-order valence-corrected chi connectivity index (χ2v) is 6.36. The average molecular weight is 362 g/mol. The van der Waals surface area contributed by atoms with Crippen LogP contribution in [0.5, 0.6) is 5.75 Å². The van der Waals surface area contributed by atoms with Crippen LogP contribution in [0, 0.1) is 0 Å². The number of benzene rings is 2. The molecule has 0 fully saturated rings. The first-order valence-electron chi connectivity index (χ1n) is 9.39. The first-order chi connectivity index (χ1) is 13.2. The molecular formula is C22H26N4O. The van der Waals surface area contributed by atoms with E-state index in [0.29, 0.717) is 18.6 Å². The van der Waals surface area contributed by atoms with Gasteiger partial charge >= 0.3 is 0 Å². The number of hydrogen-bond acceptors (Lipinski definition) is 5. The van der Waals surface area contributed by atoms with E-state index in [2.05, 4.69) is 46.6 Å². The van der Waals surface area contributed by atoms with Crippen LogP contribution < -0.4 is 15.4 Å². The van der Waals surface area contributed by atoms with Crippen LogP contribution in [0.15, 0.2) is 60.7 Å². The van der Waals surface area contributed by atoms with Gasteiger partial charge in [-0.05, 0) is 44.5 Å². The minimum Gasteiger partial charge on any atom is -0.494 e. The van der Waals surface area contributed by atoms with Gasteiger partial charge in [-0.1, -0.05) is 37.3 Å². The number of nitrogens with one attached hydrogen (secondary N) is 2. The quantitative estimate of drug-likeness (QED) is 0.554. The van der Waals surface area contributed by atoms with E-state index in [1.807, 2.05) is 55.5 Å². The highest BCUT2D eigenvalue weighted by Crippen LogP contribution is 2.25. The van der Waals surface area contributed by atoms with Gasteiger partial charge in [0.25, 0.3) is 0 Å². The monoisotopic (exact) mass is 362 g/mol. The van der Waals surface area contributed by atoms with Crippen molar-refractivity contribution >= 4 is 17.5 Å². The Kier molecular flexibility index (Phi) is 6.26. The summed E-state index contributed by atoms with van der Waals surface area (Å²) in [6, 6.07) is 20.3. The molecule has 2 aromatic carbocycles. The van der Waals surface area contributed by atoms with Gasteiger partial charge in [-0.2, -0.15) is 4.98 Å². The summed E-state index contributed by atoms with van der Waals surface area (Å²) >= 11 is 0. The Balaban J connectivity index is 1.89. The Bertz CT molecular complexity index is 850. The van der Waals surface area contributed by atoms with Crippen molar-refractivity contribution in [3.05, 3.63) is 60.7 Å². The lowest BCUT2D eigenvalue weighted by Gasteiger charge is -2.15. The van der Waals surface area contributed by atoms with Crippen LogP contribution in [0.25, 0.3) is 11.3 Å². The van der Waals surface area contributed by atoms with Crippen LogP contribution in [0.3, 0.4) is 0 Å². The van der Waals surface area contributed by atoms with E-state index in [-0.39, 0.29) is 0 Å². The normalized spacial score (nSPS) is 11.7. The van der Waals surface area contributed by atoms with Crippen LogP contribution in [-0.2, 0) is 0 Å². The second kappa shape index (κ2) is 9.03. The Hall–Kier alpha value is -3.08. The van der Waals surface area contributed by atoms with Gasteiger partial charge in [-0.3, -0.25) is 0 Å². The number of rotatable bonds is 8.